The van der Waals surface area contributed by atoms with Gasteiger partial charge in [-0.15, -0.1) is 0 Å². The van der Waals surface area contributed by atoms with Gasteiger partial charge in [-0.05, 0) is 25.3 Å². The molecule has 0 aliphatic heterocycles. The van der Waals surface area contributed by atoms with Crippen LogP contribution in [0.2, 0.25) is 0 Å². The van der Waals surface area contributed by atoms with Gasteiger partial charge in [0.05, 0.1) is 11.8 Å². The SMILES string of the molecule is Cn1cnc2c(NC3CCCC3N)nccc21. The van der Waals surface area contributed by atoms with Crippen LogP contribution in [0, 0.1) is 0 Å². The van der Waals surface area contributed by atoms with Gasteiger partial charge >= 0.3 is 0 Å². The van der Waals surface area contributed by atoms with Crippen LogP contribution in [0.4, 0.5) is 5.82 Å². The van der Waals surface area contributed by atoms with Gasteiger partial charge in [0, 0.05) is 25.3 Å². The van der Waals surface area contributed by atoms with Crippen molar-refractivity contribution < 1.29 is 0 Å². The lowest BCUT2D eigenvalue weighted by molar-refractivity contribution is 0.636. The molecule has 2 unspecified atom stereocenters. The third-order valence-electron chi connectivity index (χ3n) is 3.53. The second kappa shape index (κ2) is 4.00. The zero-order valence-electron chi connectivity index (χ0n) is 9.93. The number of nitrogens with zero attached hydrogens (tertiary/aromatic N) is 3. The van der Waals surface area contributed by atoms with E-state index in [2.05, 4.69) is 15.3 Å². The number of nitrogens with one attached hydrogen (secondary N) is 1. The van der Waals surface area contributed by atoms with Gasteiger partial charge in [-0.25, -0.2) is 9.97 Å². The minimum Gasteiger partial charge on any atom is -0.364 e. The van der Waals surface area contributed by atoms with Gasteiger partial charge in [0.25, 0.3) is 0 Å². The van der Waals surface area contributed by atoms with E-state index in [0.29, 0.717) is 6.04 Å². The van der Waals surface area contributed by atoms with E-state index in [9.17, 15) is 0 Å². The van der Waals surface area contributed by atoms with Crippen molar-refractivity contribution in [3.8, 4) is 0 Å². The molecule has 90 valence electrons. The minimum absolute atomic E-state index is 0.232. The van der Waals surface area contributed by atoms with E-state index in [4.69, 9.17) is 5.73 Å². The van der Waals surface area contributed by atoms with Gasteiger partial charge in [0.15, 0.2) is 5.82 Å². The Morgan fingerprint density at radius 3 is 3.06 bits per heavy atom. The molecule has 0 aromatic carbocycles. The first-order valence-corrected chi connectivity index (χ1v) is 6.04. The van der Waals surface area contributed by atoms with Crippen LogP contribution in [0.15, 0.2) is 18.6 Å². The molecule has 1 saturated carbocycles. The number of fused-ring (bicyclic) bond motifs is 1. The molecule has 2 aromatic heterocycles. The number of anilines is 1. The van der Waals surface area contributed by atoms with Gasteiger partial charge in [0.2, 0.25) is 0 Å². The maximum Gasteiger partial charge on any atom is 0.154 e. The summed E-state index contributed by atoms with van der Waals surface area (Å²) in [5.74, 6) is 0.852. The summed E-state index contributed by atoms with van der Waals surface area (Å²) in [4.78, 5) is 8.76. The number of rotatable bonds is 2. The highest BCUT2D eigenvalue weighted by Gasteiger charge is 2.24. The maximum absolute atomic E-state index is 6.06. The van der Waals surface area contributed by atoms with Crippen molar-refractivity contribution in [2.24, 2.45) is 12.8 Å². The first-order chi connectivity index (χ1) is 8.25. The normalized spacial score (nSPS) is 24.4. The van der Waals surface area contributed by atoms with E-state index in [1.54, 1.807) is 0 Å². The van der Waals surface area contributed by atoms with Crippen LogP contribution in [0.3, 0.4) is 0 Å². The predicted molar refractivity (Wildman–Crippen MR) is 67.7 cm³/mol. The Morgan fingerprint density at radius 2 is 2.29 bits per heavy atom. The van der Waals surface area contributed by atoms with Crippen molar-refractivity contribution in [2.45, 2.75) is 31.3 Å². The Bertz CT molecular complexity index is 533. The summed E-state index contributed by atoms with van der Waals surface area (Å²) >= 11 is 0. The van der Waals surface area contributed by atoms with Crippen LogP contribution in [-0.2, 0) is 7.05 Å². The molecule has 2 heterocycles. The molecular weight excluding hydrogens is 214 g/mol. The van der Waals surface area contributed by atoms with Crippen molar-refractivity contribution in [3.63, 3.8) is 0 Å². The molecule has 17 heavy (non-hydrogen) atoms. The standard InChI is InChI=1S/C12H17N5/c1-17-7-15-11-10(17)5-6-14-12(11)16-9-4-2-3-8(9)13/h5-9H,2-4,13H2,1H3,(H,14,16). The van der Waals surface area contributed by atoms with Gasteiger partial charge < -0.3 is 15.6 Å². The van der Waals surface area contributed by atoms with E-state index in [1.807, 2.05) is 30.2 Å². The molecule has 5 heteroatoms. The summed E-state index contributed by atoms with van der Waals surface area (Å²) in [5, 5.41) is 3.44. The lowest BCUT2D eigenvalue weighted by atomic mass is 10.2. The molecule has 1 aliphatic carbocycles. The molecule has 2 atom stereocenters. The first-order valence-electron chi connectivity index (χ1n) is 6.04. The molecule has 5 nitrogen and oxygen atoms in total. The molecule has 3 rings (SSSR count). The van der Waals surface area contributed by atoms with Crippen molar-refractivity contribution in [1.82, 2.24) is 14.5 Å². The molecule has 0 bridgehead atoms. The van der Waals surface area contributed by atoms with Crippen molar-refractivity contribution in [3.05, 3.63) is 18.6 Å². The highest BCUT2D eigenvalue weighted by molar-refractivity contribution is 5.85. The lowest BCUT2D eigenvalue weighted by Crippen LogP contribution is -2.35. The van der Waals surface area contributed by atoms with E-state index in [1.165, 1.54) is 6.42 Å². The molecule has 3 N–H and O–H groups in total. The Labute approximate surface area is 100 Å². The maximum atomic E-state index is 6.06. The highest BCUT2D eigenvalue weighted by atomic mass is 15.1. The first kappa shape index (κ1) is 10.5. The lowest BCUT2D eigenvalue weighted by Gasteiger charge is -2.17. The topological polar surface area (TPSA) is 68.8 Å². The van der Waals surface area contributed by atoms with Crippen LogP contribution in [0.1, 0.15) is 19.3 Å². The van der Waals surface area contributed by atoms with Crippen LogP contribution < -0.4 is 11.1 Å². The van der Waals surface area contributed by atoms with Crippen molar-refractivity contribution in [1.29, 1.82) is 0 Å². The second-order valence-electron chi connectivity index (χ2n) is 4.73. The smallest absolute Gasteiger partial charge is 0.154 e. The van der Waals surface area contributed by atoms with E-state index >= 15 is 0 Å². The number of pyridine rings is 1. The van der Waals surface area contributed by atoms with E-state index in [-0.39, 0.29) is 6.04 Å². The Kier molecular flexibility index (Phi) is 2.48. The molecule has 1 fully saturated rings. The predicted octanol–water partition coefficient (Wildman–Crippen LogP) is 1.26. The largest absolute Gasteiger partial charge is 0.364 e. The Morgan fingerprint density at radius 1 is 1.41 bits per heavy atom. The highest BCUT2D eigenvalue weighted by Crippen LogP contribution is 2.24. The molecule has 0 saturated heterocycles. The van der Waals surface area contributed by atoms with Gasteiger partial charge in [0.1, 0.15) is 5.52 Å². The summed E-state index contributed by atoms with van der Waals surface area (Å²) in [6.45, 7) is 0. The number of hydrogen-bond donors (Lipinski definition) is 2. The average Bonchev–Trinajstić information content (AvgIpc) is 2.89. The number of nitrogens with two attached hydrogens (primary N) is 1. The van der Waals surface area contributed by atoms with Crippen LogP contribution in [-0.4, -0.2) is 26.6 Å². The number of hydrogen-bond acceptors (Lipinski definition) is 4. The van der Waals surface area contributed by atoms with Crippen LogP contribution in [0.5, 0.6) is 0 Å². The zero-order chi connectivity index (χ0) is 11.8. The summed E-state index contributed by atoms with van der Waals surface area (Å²) in [6.07, 6.45) is 7.03. The van der Waals surface area contributed by atoms with Crippen molar-refractivity contribution in [2.75, 3.05) is 5.32 Å². The number of aromatic nitrogens is 3. The fraction of sp³-hybridized carbons (Fsp3) is 0.500. The molecule has 0 spiro atoms. The third kappa shape index (κ3) is 1.76. The van der Waals surface area contributed by atoms with Gasteiger partial charge in [-0.3, -0.25) is 0 Å². The molecule has 1 aliphatic rings. The molecular formula is C12H17N5. The minimum atomic E-state index is 0.232. The summed E-state index contributed by atoms with van der Waals surface area (Å²) in [6, 6.07) is 2.54. The summed E-state index contributed by atoms with van der Waals surface area (Å²) in [5.41, 5.74) is 8.08. The fourth-order valence-electron chi connectivity index (χ4n) is 2.51. The molecule has 2 aromatic rings. The number of aryl methyl sites for hydroxylation is 1. The quantitative estimate of drug-likeness (QED) is 0.816. The van der Waals surface area contributed by atoms with Crippen LogP contribution >= 0.6 is 0 Å². The Hall–Kier alpha value is -1.62. The summed E-state index contributed by atoms with van der Waals surface area (Å²) < 4.78 is 2.00. The van der Waals surface area contributed by atoms with E-state index in [0.717, 1.165) is 29.7 Å². The third-order valence-corrected chi connectivity index (χ3v) is 3.53. The molecule has 0 amide bonds. The second-order valence-corrected chi connectivity index (χ2v) is 4.73. The van der Waals surface area contributed by atoms with E-state index < -0.39 is 0 Å². The zero-order valence-corrected chi connectivity index (χ0v) is 9.93. The van der Waals surface area contributed by atoms with Gasteiger partial charge in [-0.2, -0.15) is 0 Å². The number of imidazole rings is 1. The summed E-state index contributed by atoms with van der Waals surface area (Å²) in [7, 11) is 1.99. The molecule has 0 radical (unpaired) electrons. The fourth-order valence-corrected chi connectivity index (χ4v) is 2.51. The van der Waals surface area contributed by atoms with Crippen molar-refractivity contribution >= 4 is 16.9 Å². The monoisotopic (exact) mass is 231 g/mol. The van der Waals surface area contributed by atoms with Crippen LogP contribution in [0.25, 0.3) is 11.0 Å². The average molecular weight is 231 g/mol. The Balaban J connectivity index is 1.94. The van der Waals surface area contributed by atoms with Gasteiger partial charge in [-0.1, -0.05) is 0 Å².